The van der Waals surface area contributed by atoms with E-state index in [2.05, 4.69) is 35.7 Å². The summed E-state index contributed by atoms with van der Waals surface area (Å²) in [4.78, 5) is 0. The summed E-state index contributed by atoms with van der Waals surface area (Å²) in [5.74, 6) is 0. The van der Waals surface area contributed by atoms with Gasteiger partial charge in [0.05, 0.1) is 17.9 Å². The second-order valence-electron chi connectivity index (χ2n) is 4.22. The second kappa shape index (κ2) is 4.09. The number of piperidine rings is 1. The Balaban J connectivity index is 2.07. The van der Waals surface area contributed by atoms with Gasteiger partial charge in [0.2, 0.25) is 0 Å². The molecule has 1 saturated heterocycles. The van der Waals surface area contributed by atoms with Crippen molar-refractivity contribution < 1.29 is 0 Å². The van der Waals surface area contributed by atoms with Crippen LogP contribution in [0.1, 0.15) is 50.9 Å². The van der Waals surface area contributed by atoms with Crippen LogP contribution in [0.5, 0.6) is 0 Å². The molecule has 0 unspecified atom stereocenters. The van der Waals surface area contributed by atoms with Gasteiger partial charge >= 0.3 is 0 Å². The molecule has 1 aromatic heterocycles. The Hall–Kier alpha value is -0.900. The maximum Gasteiger partial charge on any atom is 0.0996 e. The lowest BCUT2D eigenvalue weighted by Crippen LogP contribution is -2.27. The van der Waals surface area contributed by atoms with Gasteiger partial charge in [-0.05, 0) is 33.2 Å². The summed E-state index contributed by atoms with van der Waals surface area (Å²) >= 11 is 0. The van der Waals surface area contributed by atoms with E-state index in [1.54, 1.807) is 0 Å². The van der Waals surface area contributed by atoms with Gasteiger partial charge in [-0.2, -0.15) is 0 Å². The third-order valence-electron chi connectivity index (χ3n) is 2.72. The molecule has 1 aromatic rings. The summed E-state index contributed by atoms with van der Waals surface area (Å²) in [7, 11) is 0. The number of aromatic nitrogens is 3. The van der Waals surface area contributed by atoms with Gasteiger partial charge < -0.3 is 5.32 Å². The average Bonchev–Trinajstić information content (AvgIpc) is 2.68. The molecule has 1 fully saturated rings. The van der Waals surface area contributed by atoms with Crippen molar-refractivity contribution in [2.24, 2.45) is 0 Å². The zero-order valence-corrected chi connectivity index (χ0v) is 8.90. The molecular formula is C10H18N4. The molecule has 0 bridgehead atoms. The summed E-state index contributed by atoms with van der Waals surface area (Å²) in [5, 5.41) is 11.8. The van der Waals surface area contributed by atoms with Crippen molar-refractivity contribution in [3.8, 4) is 0 Å². The molecule has 1 atom stereocenters. The molecule has 0 aromatic carbocycles. The first-order valence-electron chi connectivity index (χ1n) is 5.42. The third-order valence-corrected chi connectivity index (χ3v) is 2.72. The van der Waals surface area contributed by atoms with Crippen LogP contribution in [0.25, 0.3) is 0 Å². The molecule has 0 radical (unpaired) electrons. The Morgan fingerprint density at radius 2 is 2.36 bits per heavy atom. The summed E-state index contributed by atoms with van der Waals surface area (Å²) in [6, 6.07) is 0.830. The Kier molecular flexibility index (Phi) is 2.82. The average molecular weight is 194 g/mol. The van der Waals surface area contributed by atoms with Crippen LogP contribution in [0.3, 0.4) is 0 Å². The van der Waals surface area contributed by atoms with Crippen LogP contribution in [-0.2, 0) is 0 Å². The van der Waals surface area contributed by atoms with Crippen molar-refractivity contribution in [3.05, 3.63) is 11.9 Å². The predicted molar refractivity (Wildman–Crippen MR) is 55.0 cm³/mol. The van der Waals surface area contributed by atoms with Crippen molar-refractivity contribution in [3.63, 3.8) is 0 Å². The van der Waals surface area contributed by atoms with E-state index >= 15 is 0 Å². The van der Waals surface area contributed by atoms with Gasteiger partial charge in [0, 0.05) is 6.04 Å². The SMILES string of the molecule is CC(C)n1cc([C@H]2CCCCN2)nn1. The normalized spacial score (nSPS) is 22.9. The number of nitrogens with one attached hydrogen (secondary N) is 1. The Bertz CT molecular complexity index is 286. The molecule has 0 saturated carbocycles. The lowest BCUT2D eigenvalue weighted by molar-refractivity contribution is 0.405. The van der Waals surface area contributed by atoms with E-state index in [9.17, 15) is 0 Å². The van der Waals surface area contributed by atoms with Crippen molar-refractivity contribution in [1.82, 2.24) is 20.3 Å². The standard InChI is InChI=1S/C10H18N4/c1-8(2)14-7-10(12-13-14)9-5-3-4-6-11-9/h7-9,11H,3-6H2,1-2H3/t9-/m1/s1. The van der Waals surface area contributed by atoms with Gasteiger partial charge in [0.15, 0.2) is 0 Å². The van der Waals surface area contributed by atoms with E-state index in [4.69, 9.17) is 0 Å². The maximum absolute atomic E-state index is 4.21. The highest BCUT2D eigenvalue weighted by Crippen LogP contribution is 2.21. The molecule has 2 rings (SSSR count). The van der Waals surface area contributed by atoms with Crippen molar-refractivity contribution in [2.75, 3.05) is 6.54 Å². The largest absolute Gasteiger partial charge is 0.309 e. The summed E-state index contributed by atoms with van der Waals surface area (Å²) in [6.07, 6.45) is 5.84. The number of hydrogen-bond donors (Lipinski definition) is 1. The highest BCUT2D eigenvalue weighted by molar-refractivity contribution is 5.02. The first-order valence-corrected chi connectivity index (χ1v) is 5.42. The molecule has 1 aliphatic rings. The van der Waals surface area contributed by atoms with Crippen LogP contribution in [0, 0.1) is 0 Å². The van der Waals surface area contributed by atoms with E-state index < -0.39 is 0 Å². The van der Waals surface area contributed by atoms with E-state index in [1.165, 1.54) is 19.3 Å². The zero-order chi connectivity index (χ0) is 9.97. The van der Waals surface area contributed by atoms with E-state index in [0.717, 1.165) is 12.2 Å². The quantitative estimate of drug-likeness (QED) is 0.778. The van der Waals surface area contributed by atoms with Gasteiger partial charge in [0.1, 0.15) is 0 Å². The lowest BCUT2D eigenvalue weighted by Gasteiger charge is -2.20. The number of nitrogens with zero attached hydrogens (tertiary/aromatic N) is 3. The fraction of sp³-hybridized carbons (Fsp3) is 0.800. The highest BCUT2D eigenvalue weighted by atomic mass is 15.4. The molecular weight excluding hydrogens is 176 g/mol. The molecule has 4 nitrogen and oxygen atoms in total. The van der Waals surface area contributed by atoms with Gasteiger partial charge in [-0.25, -0.2) is 4.68 Å². The smallest absolute Gasteiger partial charge is 0.0996 e. The molecule has 2 heterocycles. The van der Waals surface area contributed by atoms with Gasteiger partial charge in [-0.3, -0.25) is 0 Å². The Morgan fingerprint density at radius 3 is 2.93 bits per heavy atom. The fourth-order valence-corrected chi connectivity index (χ4v) is 1.81. The topological polar surface area (TPSA) is 42.7 Å². The molecule has 0 spiro atoms. The minimum atomic E-state index is 0.403. The van der Waals surface area contributed by atoms with Crippen LogP contribution in [0.4, 0.5) is 0 Å². The van der Waals surface area contributed by atoms with Gasteiger partial charge in [-0.15, -0.1) is 5.10 Å². The summed E-state index contributed by atoms with van der Waals surface area (Å²) in [5.41, 5.74) is 1.10. The van der Waals surface area contributed by atoms with E-state index in [1.807, 2.05) is 4.68 Å². The molecule has 1 aliphatic heterocycles. The Morgan fingerprint density at radius 1 is 1.50 bits per heavy atom. The van der Waals surface area contributed by atoms with Crippen LogP contribution >= 0.6 is 0 Å². The molecule has 0 amide bonds. The third kappa shape index (κ3) is 1.95. The van der Waals surface area contributed by atoms with Gasteiger partial charge in [-0.1, -0.05) is 11.6 Å². The fourth-order valence-electron chi connectivity index (χ4n) is 1.81. The monoisotopic (exact) mass is 194 g/mol. The number of rotatable bonds is 2. The minimum Gasteiger partial charge on any atom is -0.309 e. The molecule has 0 aliphatic carbocycles. The van der Waals surface area contributed by atoms with Crippen LogP contribution in [-0.4, -0.2) is 21.5 Å². The van der Waals surface area contributed by atoms with Gasteiger partial charge in [0.25, 0.3) is 0 Å². The predicted octanol–water partition coefficient (Wildman–Crippen LogP) is 1.67. The van der Waals surface area contributed by atoms with Crippen LogP contribution < -0.4 is 5.32 Å². The molecule has 78 valence electrons. The first kappa shape index (κ1) is 9.65. The lowest BCUT2D eigenvalue weighted by atomic mass is 10.0. The Labute approximate surface area is 84.7 Å². The molecule has 1 N–H and O–H groups in total. The molecule has 4 heteroatoms. The van der Waals surface area contributed by atoms with Crippen molar-refractivity contribution in [1.29, 1.82) is 0 Å². The molecule has 14 heavy (non-hydrogen) atoms. The zero-order valence-electron chi connectivity index (χ0n) is 8.90. The minimum absolute atomic E-state index is 0.403. The van der Waals surface area contributed by atoms with Crippen molar-refractivity contribution in [2.45, 2.75) is 45.2 Å². The summed E-state index contributed by atoms with van der Waals surface area (Å²) in [6.45, 7) is 5.35. The second-order valence-corrected chi connectivity index (χ2v) is 4.22. The maximum atomic E-state index is 4.21. The highest BCUT2D eigenvalue weighted by Gasteiger charge is 2.17. The first-order chi connectivity index (χ1) is 6.77. The van der Waals surface area contributed by atoms with Crippen LogP contribution in [0.15, 0.2) is 6.20 Å². The summed E-state index contributed by atoms with van der Waals surface area (Å²) < 4.78 is 1.92. The van der Waals surface area contributed by atoms with Crippen molar-refractivity contribution >= 4 is 0 Å². The van der Waals surface area contributed by atoms with Crippen LogP contribution in [0.2, 0.25) is 0 Å². The number of hydrogen-bond acceptors (Lipinski definition) is 3. The van der Waals surface area contributed by atoms with E-state index in [0.29, 0.717) is 12.1 Å². The van der Waals surface area contributed by atoms with E-state index in [-0.39, 0.29) is 0 Å².